The topological polar surface area (TPSA) is 80.3 Å². The quantitative estimate of drug-likeness (QED) is 0.474. The fourth-order valence-corrected chi connectivity index (χ4v) is 3.56. The highest BCUT2D eigenvalue weighted by atomic mass is 35.5. The molecule has 3 rings (SSSR count). The molecule has 6 nitrogen and oxygen atoms in total. The van der Waals surface area contributed by atoms with Crippen molar-refractivity contribution in [3.05, 3.63) is 77.6 Å². The number of thioether (sulfide) groups is 1. The van der Waals surface area contributed by atoms with Crippen LogP contribution in [0.15, 0.2) is 71.9 Å². The molecular formula is C22H20ClN3O3S. The zero-order chi connectivity index (χ0) is 21.3. The third kappa shape index (κ3) is 6.23. The summed E-state index contributed by atoms with van der Waals surface area (Å²) in [6, 6.07) is 15.9. The first-order valence-electron chi connectivity index (χ1n) is 9.13. The molecule has 1 aromatic heterocycles. The van der Waals surface area contributed by atoms with Crippen molar-refractivity contribution in [1.29, 1.82) is 0 Å². The number of anilines is 2. The standard InChI is InChI=1S/C22H20ClN3O3S/c1-29-20-13-17(6-9-19(20)26-22(28)15-3-2-11-24-14-15)25-21(27)10-12-30-18-7-4-16(23)5-8-18/h2-9,11,13-14H,10,12H2,1H3,(H,25,27)(H,26,28). The Morgan fingerprint density at radius 1 is 1.10 bits per heavy atom. The van der Waals surface area contributed by atoms with E-state index in [-0.39, 0.29) is 11.8 Å². The number of halogens is 1. The Morgan fingerprint density at radius 2 is 1.90 bits per heavy atom. The fourth-order valence-electron chi connectivity index (χ4n) is 2.58. The van der Waals surface area contributed by atoms with Gasteiger partial charge in [-0.15, -0.1) is 11.8 Å². The SMILES string of the molecule is COc1cc(NC(=O)CCSc2ccc(Cl)cc2)ccc1NC(=O)c1cccnc1. The van der Waals surface area contributed by atoms with Crippen LogP contribution in [0.1, 0.15) is 16.8 Å². The van der Waals surface area contributed by atoms with Crippen LogP contribution in [0.5, 0.6) is 5.75 Å². The van der Waals surface area contributed by atoms with Crippen molar-refractivity contribution in [3.8, 4) is 5.75 Å². The summed E-state index contributed by atoms with van der Waals surface area (Å²) in [5.74, 6) is 0.688. The Morgan fingerprint density at radius 3 is 2.60 bits per heavy atom. The van der Waals surface area contributed by atoms with Crippen molar-refractivity contribution in [3.63, 3.8) is 0 Å². The first kappa shape index (κ1) is 21.7. The molecule has 30 heavy (non-hydrogen) atoms. The number of methoxy groups -OCH3 is 1. The highest BCUT2D eigenvalue weighted by Crippen LogP contribution is 2.29. The summed E-state index contributed by atoms with van der Waals surface area (Å²) < 4.78 is 5.36. The van der Waals surface area contributed by atoms with E-state index in [2.05, 4.69) is 15.6 Å². The van der Waals surface area contributed by atoms with Gasteiger partial charge in [-0.3, -0.25) is 14.6 Å². The molecule has 0 aliphatic rings. The van der Waals surface area contributed by atoms with Crippen molar-refractivity contribution in [2.24, 2.45) is 0 Å². The number of ether oxygens (including phenoxy) is 1. The van der Waals surface area contributed by atoms with Gasteiger partial charge in [0.05, 0.1) is 18.4 Å². The lowest BCUT2D eigenvalue weighted by Gasteiger charge is -2.12. The number of hydrogen-bond acceptors (Lipinski definition) is 5. The summed E-state index contributed by atoms with van der Waals surface area (Å²) in [6.45, 7) is 0. The molecule has 0 saturated carbocycles. The maximum atomic E-state index is 12.3. The summed E-state index contributed by atoms with van der Waals surface area (Å²) in [5.41, 5.74) is 1.53. The average molecular weight is 442 g/mol. The van der Waals surface area contributed by atoms with E-state index in [1.807, 2.05) is 24.3 Å². The summed E-state index contributed by atoms with van der Waals surface area (Å²) in [7, 11) is 1.50. The van der Waals surface area contributed by atoms with E-state index >= 15 is 0 Å². The van der Waals surface area contributed by atoms with Crippen LogP contribution in [-0.4, -0.2) is 29.7 Å². The highest BCUT2D eigenvalue weighted by Gasteiger charge is 2.12. The number of carbonyl (C=O) groups is 2. The molecule has 0 radical (unpaired) electrons. The molecule has 0 spiro atoms. The zero-order valence-electron chi connectivity index (χ0n) is 16.2. The Kier molecular flexibility index (Phi) is 7.70. The van der Waals surface area contributed by atoms with E-state index in [1.54, 1.807) is 48.3 Å². The second-order valence-corrected chi connectivity index (χ2v) is 7.82. The number of rotatable bonds is 8. The largest absolute Gasteiger partial charge is 0.494 e. The summed E-state index contributed by atoms with van der Waals surface area (Å²) in [5, 5.41) is 6.32. The molecule has 154 valence electrons. The number of aromatic nitrogens is 1. The van der Waals surface area contributed by atoms with Gasteiger partial charge < -0.3 is 15.4 Å². The number of benzene rings is 2. The first-order chi connectivity index (χ1) is 14.5. The van der Waals surface area contributed by atoms with E-state index in [0.29, 0.717) is 39.9 Å². The van der Waals surface area contributed by atoms with Crippen molar-refractivity contribution in [2.45, 2.75) is 11.3 Å². The lowest BCUT2D eigenvalue weighted by atomic mass is 10.2. The van der Waals surface area contributed by atoms with Gasteiger partial charge in [0, 0.05) is 46.2 Å². The Labute approximate surface area is 184 Å². The molecule has 0 aliphatic carbocycles. The van der Waals surface area contributed by atoms with E-state index in [0.717, 1.165) is 4.90 Å². The van der Waals surface area contributed by atoms with Gasteiger partial charge in [0.2, 0.25) is 5.91 Å². The molecule has 8 heteroatoms. The van der Waals surface area contributed by atoms with Gasteiger partial charge in [-0.05, 0) is 48.5 Å². The zero-order valence-corrected chi connectivity index (χ0v) is 17.8. The van der Waals surface area contributed by atoms with Gasteiger partial charge in [0.15, 0.2) is 0 Å². The fraction of sp³-hybridized carbons (Fsp3) is 0.136. The van der Waals surface area contributed by atoms with Gasteiger partial charge in [-0.1, -0.05) is 11.6 Å². The maximum Gasteiger partial charge on any atom is 0.257 e. The summed E-state index contributed by atoms with van der Waals surface area (Å²) in [4.78, 5) is 29.5. The summed E-state index contributed by atoms with van der Waals surface area (Å²) in [6.07, 6.45) is 3.44. The highest BCUT2D eigenvalue weighted by molar-refractivity contribution is 7.99. The van der Waals surface area contributed by atoms with Gasteiger partial charge in [0.25, 0.3) is 5.91 Å². The van der Waals surface area contributed by atoms with Crippen LogP contribution in [0.25, 0.3) is 0 Å². The number of amides is 2. The molecule has 2 amide bonds. The van der Waals surface area contributed by atoms with Gasteiger partial charge >= 0.3 is 0 Å². The van der Waals surface area contributed by atoms with Gasteiger partial charge in [0.1, 0.15) is 5.75 Å². The van der Waals surface area contributed by atoms with Crippen molar-refractivity contribution in [2.75, 3.05) is 23.5 Å². The van der Waals surface area contributed by atoms with E-state index < -0.39 is 0 Å². The number of nitrogens with one attached hydrogen (secondary N) is 2. The van der Waals surface area contributed by atoms with Gasteiger partial charge in [-0.25, -0.2) is 0 Å². The van der Waals surface area contributed by atoms with Crippen molar-refractivity contribution in [1.82, 2.24) is 4.98 Å². The molecule has 2 N–H and O–H groups in total. The van der Waals surface area contributed by atoms with Crippen LogP contribution in [0.3, 0.4) is 0 Å². The third-order valence-corrected chi connectivity index (χ3v) is 5.33. The molecule has 1 heterocycles. The molecule has 0 unspecified atom stereocenters. The molecule has 2 aromatic carbocycles. The molecule has 3 aromatic rings. The third-order valence-electron chi connectivity index (χ3n) is 4.07. The Hall–Kier alpha value is -3.03. The number of hydrogen-bond donors (Lipinski definition) is 2. The lowest BCUT2D eigenvalue weighted by Crippen LogP contribution is -2.14. The minimum atomic E-state index is -0.294. The monoisotopic (exact) mass is 441 g/mol. The minimum absolute atomic E-state index is 0.106. The molecule has 0 fully saturated rings. The van der Waals surface area contributed by atoms with Crippen LogP contribution in [0.4, 0.5) is 11.4 Å². The molecular weight excluding hydrogens is 422 g/mol. The Bertz CT molecular complexity index is 1010. The van der Waals surface area contributed by atoms with E-state index in [4.69, 9.17) is 16.3 Å². The van der Waals surface area contributed by atoms with E-state index in [9.17, 15) is 9.59 Å². The normalized spacial score (nSPS) is 10.3. The molecule has 0 saturated heterocycles. The van der Waals surface area contributed by atoms with Crippen molar-refractivity contribution >= 4 is 46.6 Å². The van der Waals surface area contributed by atoms with Crippen LogP contribution in [0, 0.1) is 0 Å². The van der Waals surface area contributed by atoms with Crippen LogP contribution in [0.2, 0.25) is 5.02 Å². The molecule has 0 atom stereocenters. The van der Waals surface area contributed by atoms with Gasteiger partial charge in [-0.2, -0.15) is 0 Å². The average Bonchev–Trinajstić information content (AvgIpc) is 2.76. The predicted molar refractivity (Wildman–Crippen MR) is 121 cm³/mol. The number of pyridine rings is 1. The van der Waals surface area contributed by atoms with Crippen LogP contribution < -0.4 is 15.4 Å². The summed E-state index contributed by atoms with van der Waals surface area (Å²) >= 11 is 7.46. The van der Waals surface area contributed by atoms with Crippen LogP contribution in [-0.2, 0) is 4.79 Å². The minimum Gasteiger partial charge on any atom is -0.494 e. The molecule has 0 aliphatic heterocycles. The van der Waals surface area contributed by atoms with Crippen molar-refractivity contribution < 1.29 is 14.3 Å². The predicted octanol–water partition coefficient (Wildman–Crippen LogP) is 5.12. The van der Waals surface area contributed by atoms with E-state index in [1.165, 1.54) is 13.3 Å². The smallest absolute Gasteiger partial charge is 0.257 e. The number of carbonyl (C=O) groups excluding carboxylic acids is 2. The number of nitrogens with zero attached hydrogens (tertiary/aromatic N) is 1. The molecule has 0 bridgehead atoms. The second-order valence-electron chi connectivity index (χ2n) is 6.21. The van der Waals surface area contributed by atoms with Crippen LogP contribution >= 0.6 is 23.4 Å². The lowest BCUT2D eigenvalue weighted by molar-refractivity contribution is -0.115. The Balaban J connectivity index is 1.55. The second kappa shape index (κ2) is 10.7. The maximum absolute atomic E-state index is 12.3. The first-order valence-corrected chi connectivity index (χ1v) is 10.5.